The van der Waals surface area contributed by atoms with Gasteiger partial charge < -0.3 is 15.8 Å². The molecule has 0 saturated heterocycles. The van der Waals surface area contributed by atoms with Gasteiger partial charge in [-0.25, -0.2) is 4.79 Å². The van der Waals surface area contributed by atoms with Crippen LogP contribution in [0.25, 0.3) is 0 Å². The third-order valence-electron chi connectivity index (χ3n) is 1.53. The zero-order chi connectivity index (χ0) is 10.6. The Hall–Kier alpha value is -1.71. The zero-order valence-electron chi connectivity index (χ0n) is 8.28. The van der Waals surface area contributed by atoms with E-state index in [9.17, 15) is 4.79 Å². The van der Waals surface area contributed by atoms with E-state index >= 15 is 0 Å². The Morgan fingerprint density at radius 2 is 2.07 bits per heavy atom. The van der Waals surface area contributed by atoms with E-state index in [0.29, 0.717) is 11.4 Å². The number of hydrogen-bond donors (Lipinski definition) is 2. The number of nitrogen functional groups attached to an aromatic ring is 1. The predicted octanol–water partition coefficient (Wildman–Crippen LogP) is 1.77. The van der Waals surface area contributed by atoms with Crippen molar-refractivity contribution in [2.24, 2.45) is 0 Å². The smallest absolute Gasteiger partial charge is 0.408 e. The second-order valence-corrected chi connectivity index (χ2v) is 3.23. The average Bonchev–Trinajstić information content (AvgIpc) is 2.07. The summed E-state index contributed by atoms with van der Waals surface area (Å²) in [5, 5.41) is 2.60. The summed E-state index contributed by atoms with van der Waals surface area (Å²) in [6, 6.07) is 6.91. The van der Waals surface area contributed by atoms with Crippen molar-refractivity contribution in [2.45, 2.75) is 19.9 Å². The summed E-state index contributed by atoms with van der Waals surface area (Å²) in [4.78, 5) is 11.2. The molecule has 0 heterocycles. The second-order valence-electron chi connectivity index (χ2n) is 3.23. The maximum Gasteiger partial charge on any atom is 0.412 e. The van der Waals surface area contributed by atoms with Gasteiger partial charge in [-0.3, -0.25) is 0 Å². The number of benzene rings is 1. The van der Waals surface area contributed by atoms with Crippen LogP contribution in [0.4, 0.5) is 10.5 Å². The minimum absolute atomic E-state index is 0.0486. The molecule has 0 saturated carbocycles. The molecule has 14 heavy (non-hydrogen) atoms. The highest BCUT2D eigenvalue weighted by atomic mass is 16.6. The summed E-state index contributed by atoms with van der Waals surface area (Å²) in [5.74, 6) is 0.380. The number of nitrogens with two attached hydrogens (primary N) is 1. The van der Waals surface area contributed by atoms with Gasteiger partial charge in [0.1, 0.15) is 0 Å². The summed E-state index contributed by atoms with van der Waals surface area (Å²) in [7, 11) is 0. The molecule has 0 bridgehead atoms. The predicted molar refractivity (Wildman–Crippen MR) is 55.2 cm³/mol. The van der Waals surface area contributed by atoms with Gasteiger partial charge >= 0.3 is 6.09 Å². The lowest BCUT2D eigenvalue weighted by Crippen LogP contribution is -2.32. The molecule has 0 fully saturated rings. The quantitative estimate of drug-likeness (QED) is 0.705. The molecular formula is C10H14N2O2. The average molecular weight is 194 g/mol. The maximum atomic E-state index is 11.2. The van der Waals surface area contributed by atoms with E-state index in [-0.39, 0.29) is 6.04 Å². The van der Waals surface area contributed by atoms with Gasteiger partial charge in [0.25, 0.3) is 0 Å². The van der Waals surface area contributed by atoms with Crippen LogP contribution in [0.3, 0.4) is 0 Å². The van der Waals surface area contributed by atoms with Crippen molar-refractivity contribution >= 4 is 11.8 Å². The molecule has 0 aliphatic rings. The Kier molecular flexibility index (Phi) is 3.34. The van der Waals surface area contributed by atoms with Gasteiger partial charge in [-0.15, -0.1) is 0 Å². The van der Waals surface area contributed by atoms with Crippen molar-refractivity contribution in [3.05, 3.63) is 24.3 Å². The highest BCUT2D eigenvalue weighted by Crippen LogP contribution is 2.19. The fourth-order valence-electron chi connectivity index (χ4n) is 0.939. The van der Waals surface area contributed by atoms with Crippen LogP contribution in [-0.2, 0) is 0 Å². The van der Waals surface area contributed by atoms with Crippen LogP contribution in [0.1, 0.15) is 13.8 Å². The zero-order valence-corrected chi connectivity index (χ0v) is 8.28. The van der Waals surface area contributed by atoms with Gasteiger partial charge in [-0.1, -0.05) is 12.1 Å². The number of rotatable bonds is 2. The third kappa shape index (κ3) is 2.97. The lowest BCUT2D eigenvalue weighted by Gasteiger charge is -2.09. The highest BCUT2D eigenvalue weighted by molar-refractivity contribution is 5.72. The third-order valence-corrected chi connectivity index (χ3v) is 1.53. The molecule has 0 spiro atoms. The van der Waals surface area contributed by atoms with Crippen LogP contribution < -0.4 is 15.8 Å². The van der Waals surface area contributed by atoms with Gasteiger partial charge in [0.2, 0.25) is 0 Å². The number of nitrogens with one attached hydrogen (secondary N) is 1. The number of para-hydroxylation sites is 2. The Morgan fingerprint density at radius 3 is 2.64 bits per heavy atom. The number of carbonyl (C=O) groups excluding carboxylic acids is 1. The topological polar surface area (TPSA) is 64.3 Å². The Labute approximate surface area is 83.1 Å². The van der Waals surface area contributed by atoms with Gasteiger partial charge in [0, 0.05) is 6.04 Å². The summed E-state index contributed by atoms with van der Waals surface area (Å²) >= 11 is 0. The van der Waals surface area contributed by atoms with Crippen LogP contribution in [0.5, 0.6) is 5.75 Å². The molecular weight excluding hydrogens is 180 g/mol. The molecule has 1 aromatic carbocycles. The van der Waals surface area contributed by atoms with Crippen LogP contribution >= 0.6 is 0 Å². The van der Waals surface area contributed by atoms with Crippen molar-refractivity contribution in [1.82, 2.24) is 5.32 Å². The van der Waals surface area contributed by atoms with Gasteiger partial charge in [-0.2, -0.15) is 0 Å². The summed E-state index contributed by atoms with van der Waals surface area (Å²) in [5.41, 5.74) is 6.05. The van der Waals surface area contributed by atoms with Crippen molar-refractivity contribution in [3.8, 4) is 5.75 Å². The number of ether oxygens (including phenoxy) is 1. The molecule has 3 N–H and O–H groups in total. The van der Waals surface area contributed by atoms with Gasteiger partial charge in [-0.05, 0) is 26.0 Å². The van der Waals surface area contributed by atoms with Crippen molar-refractivity contribution in [2.75, 3.05) is 5.73 Å². The van der Waals surface area contributed by atoms with Crippen molar-refractivity contribution in [3.63, 3.8) is 0 Å². The number of hydrogen-bond acceptors (Lipinski definition) is 3. The number of anilines is 1. The molecule has 0 aliphatic heterocycles. The second kappa shape index (κ2) is 4.50. The largest absolute Gasteiger partial charge is 0.412 e. The molecule has 4 nitrogen and oxygen atoms in total. The van der Waals surface area contributed by atoms with E-state index in [0.717, 1.165) is 0 Å². The Bertz CT molecular complexity index is 324. The molecule has 0 radical (unpaired) electrons. The molecule has 76 valence electrons. The summed E-state index contributed by atoms with van der Waals surface area (Å²) < 4.78 is 4.98. The van der Waals surface area contributed by atoms with Crippen LogP contribution in [0, 0.1) is 0 Å². The first kappa shape index (κ1) is 10.4. The van der Waals surface area contributed by atoms with E-state index < -0.39 is 6.09 Å². The monoisotopic (exact) mass is 194 g/mol. The first-order valence-electron chi connectivity index (χ1n) is 4.42. The molecule has 0 aromatic heterocycles. The molecule has 0 aliphatic carbocycles. The summed E-state index contributed by atoms with van der Waals surface area (Å²) in [6.07, 6.45) is -0.488. The van der Waals surface area contributed by atoms with E-state index in [1.165, 1.54) is 0 Å². The van der Waals surface area contributed by atoms with Gasteiger partial charge in [0.05, 0.1) is 5.69 Å². The Balaban J connectivity index is 2.61. The fourth-order valence-corrected chi connectivity index (χ4v) is 0.939. The Morgan fingerprint density at radius 1 is 1.43 bits per heavy atom. The van der Waals surface area contributed by atoms with Crippen molar-refractivity contribution < 1.29 is 9.53 Å². The molecule has 4 heteroatoms. The van der Waals surface area contributed by atoms with Crippen LogP contribution in [0.15, 0.2) is 24.3 Å². The number of amides is 1. The highest BCUT2D eigenvalue weighted by Gasteiger charge is 2.07. The molecule has 1 aromatic rings. The molecule has 1 amide bonds. The SMILES string of the molecule is CC(C)NC(=O)Oc1ccccc1N. The van der Waals surface area contributed by atoms with E-state index in [4.69, 9.17) is 10.5 Å². The normalized spacial score (nSPS) is 9.93. The number of carbonyl (C=O) groups is 1. The molecule has 0 atom stereocenters. The molecule has 1 rings (SSSR count). The lowest BCUT2D eigenvalue weighted by atomic mass is 10.3. The van der Waals surface area contributed by atoms with E-state index in [2.05, 4.69) is 5.32 Å². The fraction of sp³-hybridized carbons (Fsp3) is 0.300. The van der Waals surface area contributed by atoms with Crippen molar-refractivity contribution in [1.29, 1.82) is 0 Å². The van der Waals surface area contributed by atoms with E-state index in [1.54, 1.807) is 24.3 Å². The first-order valence-corrected chi connectivity index (χ1v) is 4.42. The maximum absolute atomic E-state index is 11.2. The lowest BCUT2D eigenvalue weighted by molar-refractivity contribution is 0.198. The first-order chi connectivity index (χ1) is 6.59. The van der Waals surface area contributed by atoms with Crippen LogP contribution in [-0.4, -0.2) is 12.1 Å². The van der Waals surface area contributed by atoms with Gasteiger partial charge in [0.15, 0.2) is 5.75 Å². The summed E-state index contributed by atoms with van der Waals surface area (Å²) in [6.45, 7) is 3.71. The van der Waals surface area contributed by atoms with E-state index in [1.807, 2.05) is 13.8 Å². The minimum atomic E-state index is -0.488. The minimum Gasteiger partial charge on any atom is -0.408 e. The standard InChI is InChI=1S/C10H14N2O2/c1-7(2)12-10(13)14-9-6-4-3-5-8(9)11/h3-7H,11H2,1-2H3,(H,12,13). The van der Waals surface area contributed by atoms with Crippen LogP contribution in [0.2, 0.25) is 0 Å². The molecule has 0 unspecified atom stereocenters.